The predicted molar refractivity (Wildman–Crippen MR) is 128 cm³/mol. The monoisotopic (exact) mass is 464 g/mol. The fraction of sp³-hybridized carbons (Fsp3) is 0.444. The number of ether oxygens (including phenoxy) is 1. The van der Waals surface area contributed by atoms with Crippen LogP contribution in [0.3, 0.4) is 0 Å². The molecule has 0 aliphatic heterocycles. The van der Waals surface area contributed by atoms with Crippen LogP contribution in [0.15, 0.2) is 48.5 Å². The maximum absolute atomic E-state index is 12.7. The average Bonchev–Trinajstić information content (AvgIpc) is 3.16. The summed E-state index contributed by atoms with van der Waals surface area (Å²) in [6, 6.07) is 16.2. The molecular formula is C27H32N2O5. The van der Waals surface area contributed by atoms with E-state index >= 15 is 0 Å². The summed E-state index contributed by atoms with van der Waals surface area (Å²) in [5, 5.41) is 15.0. The van der Waals surface area contributed by atoms with E-state index in [0.717, 1.165) is 24.0 Å². The zero-order valence-corrected chi connectivity index (χ0v) is 19.7. The predicted octanol–water partition coefficient (Wildman–Crippen LogP) is 4.45. The number of carboxylic acids is 1. The normalized spacial score (nSPS) is 21.0. The summed E-state index contributed by atoms with van der Waals surface area (Å²) in [6.07, 6.45) is 2.49. The Morgan fingerprint density at radius 3 is 2.24 bits per heavy atom. The minimum absolute atomic E-state index is 0.00854. The number of carbonyl (C=O) groups excluding carboxylic acids is 2. The first-order valence-corrected chi connectivity index (χ1v) is 12.0. The SMILES string of the molecule is CCC(C)(NC(=O)[C@@H]1CCC[C@H](NC(=O)OCC2c3ccccc3-c3ccccc32)C1)C(=O)O. The van der Waals surface area contributed by atoms with Crippen LogP contribution in [0.4, 0.5) is 4.79 Å². The highest BCUT2D eigenvalue weighted by atomic mass is 16.5. The highest BCUT2D eigenvalue weighted by Crippen LogP contribution is 2.44. The van der Waals surface area contributed by atoms with Crippen molar-refractivity contribution in [3.8, 4) is 11.1 Å². The molecule has 0 saturated heterocycles. The summed E-state index contributed by atoms with van der Waals surface area (Å²) >= 11 is 0. The van der Waals surface area contributed by atoms with Crippen molar-refractivity contribution in [2.24, 2.45) is 5.92 Å². The van der Waals surface area contributed by atoms with Crippen molar-refractivity contribution in [1.29, 1.82) is 0 Å². The first kappa shape index (κ1) is 23.8. The van der Waals surface area contributed by atoms with E-state index in [-0.39, 0.29) is 30.4 Å². The molecule has 1 saturated carbocycles. The van der Waals surface area contributed by atoms with Gasteiger partial charge in [0.25, 0.3) is 0 Å². The van der Waals surface area contributed by atoms with Crippen LogP contribution < -0.4 is 10.6 Å². The molecule has 7 heteroatoms. The first-order valence-electron chi connectivity index (χ1n) is 12.0. The van der Waals surface area contributed by atoms with E-state index in [1.165, 1.54) is 18.1 Å². The third-order valence-electron chi connectivity index (χ3n) is 7.29. The van der Waals surface area contributed by atoms with Gasteiger partial charge in [-0.25, -0.2) is 9.59 Å². The van der Waals surface area contributed by atoms with Gasteiger partial charge in [-0.05, 0) is 54.9 Å². The number of rotatable bonds is 7. The van der Waals surface area contributed by atoms with Crippen LogP contribution in [0.2, 0.25) is 0 Å². The molecule has 3 N–H and O–H groups in total. The van der Waals surface area contributed by atoms with Gasteiger partial charge in [-0.15, -0.1) is 0 Å². The van der Waals surface area contributed by atoms with Crippen LogP contribution >= 0.6 is 0 Å². The first-order chi connectivity index (χ1) is 16.3. The van der Waals surface area contributed by atoms with E-state index in [9.17, 15) is 19.5 Å². The summed E-state index contributed by atoms with van der Waals surface area (Å²) in [5.41, 5.74) is 3.37. The topological polar surface area (TPSA) is 105 Å². The molecule has 7 nitrogen and oxygen atoms in total. The highest BCUT2D eigenvalue weighted by molar-refractivity contribution is 5.87. The zero-order valence-electron chi connectivity index (χ0n) is 19.7. The molecule has 1 fully saturated rings. The van der Waals surface area contributed by atoms with E-state index < -0.39 is 17.6 Å². The lowest BCUT2D eigenvalue weighted by Crippen LogP contribution is -2.54. The summed E-state index contributed by atoms with van der Waals surface area (Å²) < 4.78 is 5.64. The van der Waals surface area contributed by atoms with Crippen molar-refractivity contribution >= 4 is 18.0 Å². The van der Waals surface area contributed by atoms with Crippen molar-refractivity contribution in [3.05, 3.63) is 59.7 Å². The number of alkyl carbamates (subject to hydrolysis) is 1. The van der Waals surface area contributed by atoms with E-state index in [4.69, 9.17) is 4.74 Å². The molecule has 2 aliphatic carbocycles. The van der Waals surface area contributed by atoms with Crippen LogP contribution in [0.25, 0.3) is 11.1 Å². The number of carboxylic acid groups (broad SMARTS) is 1. The molecule has 2 aromatic rings. The average molecular weight is 465 g/mol. The fourth-order valence-electron chi connectivity index (χ4n) is 5.03. The lowest BCUT2D eigenvalue weighted by Gasteiger charge is -2.32. The maximum Gasteiger partial charge on any atom is 0.407 e. The molecule has 0 bridgehead atoms. The van der Waals surface area contributed by atoms with Crippen LogP contribution in [-0.4, -0.2) is 41.3 Å². The van der Waals surface area contributed by atoms with Gasteiger partial charge in [-0.3, -0.25) is 4.79 Å². The Hall–Kier alpha value is -3.35. The van der Waals surface area contributed by atoms with Gasteiger partial charge < -0.3 is 20.5 Å². The van der Waals surface area contributed by atoms with Crippen molar-refractivity contribution in [1.82, 2.24) is 10.6 Å². The summed E-state index contributed by atoms with van der Waals surface area (Å²) in [7, 11) is 0. The lowest BCUT2D eigenvalue weighted by molar-refractivity contribution is -0.148. The molecule has 180 valence electrons. The third kappa shape index (κ3) is 4.79. The zero-order chi connectivity index (χ0) is 24.3. The van der Waals surface area contributed by atoms with E-state index in [1.54, 1.807) is 6.92 Å². The molecule has 0 spiro atoms. The highest BCUT2D eigenvalue weighted by Gasteiger charge is 2.37. The molecule has 4 rings (SSSR count). The van der Waals surface area contributed by atoms with Crippen LogP contribution in [0, 0.1) is 5.92 Å². The molecule has 2 aliphatic rings. The van der Waals surface area contributed by atoms with E-state index in [2.05, 4.69) is 34.9 Å². The molecule has 0 radical (unpaired) electrons. The van der Waals surface area contributed by atoms with Crippen molar-refractivity contribution in [3.63, 3.8) is 0 Å². The Balaban J connectivity index is 1.33. The number of hydrogen-bond donors (Lipinski definition) is 3. The van der Waals surface area contributed by atoms with Gasteiger partial charge in [0.2, 0.25) is 5.91 Å². The summed E-state index contributed by atoms with van der Waals surface area (Å²) in [5.74, 6) is -1.66. The Labute approximate surface area is 199 Å². The molecule has 34 heavy (non-hydrogen) atoms. The second-order valence-corrected chi connectivity index (χ2v) is 9.51. The number of hydrogen-bond acceptors (Lipinski definition) is 4. The third-order valence-corrected chi connectivity index (χ3v) is 7.29. The number of benzene rings is 2. The number of fused-ring (bicyclic) bond motifs is 3. The van der Waals surface area contributed by atoms with Gasteiger partial charge in [0, 0.05) is 17.9 Å². The Morgan fingerprint density at radius 1 is 1.03 bits per heavy atom. The van der Waals surface area contributed by atoms with Crippen LogP contribution in [-0.2, 0) is 14.3 Å². The quantitative estimate of drug-likeness (QED) is 0.561. The molecule has 2 amide bonds. The van der Waals surface area contributed by atoms with Gasteiger partial charge in [0.05, 0.1) is 0 Å². The van der Waals surface area contributed by atoms with Crippen molar-refractivity contribution in [2.75, 3.05) is 6.61 Å². The molecular weight excluding hydrogens is 432 g/mol. The maximum atomic E-state index is 12.7. The fourth-order valence-corrected chi connectivity index (χ4v) is 5.03. The van der Waals surface area contributed by atoms with E-state index in [1.807, 2.05) is 24.3 Å². The Kier molecular flexibility index (Phi) is 6.91. The Morgan fingerprint density at radius 2 is 1.65 bits per heavy atom. The van der Waals surface area contributed by atoms with Crippen molar-refractivity contribution < 1.29 is 24.2 Å². The van der Waals surface area contributed by atoms with Crippen LogP contribution in [0.1, 0.15) is 63.0 Å². The second-order valence-electron chi connectivity index (χ2n) is 9.51. The standard InChI is InChI=1S/C27H32N2O5/c1-3-27(2,25(31)32)29-24(30)17-9-8-10-18(15-17)28-26(33)34-16-23-21-13-6-4-11-19(21)20-12-5-7-14-22(20)23/h4-7,11-14,17-18,23H,3,8-10,15-16H2,1-2H3,(H,28,33)(H,29,30)(H,31,32)/t17-,18+,27?/m1/s1. The van der Waals surface area contributed by atoms with Gasteiger partial charge in [-0.1, -0.05) is 61.9 Å². The molecule has 2 aromatic carbocycles. The van der Waals surface area contributed by atoms with Gasteiger partial charge in [-0.2, -0.15) is 0 Å². The molecule has 1 unspecified atom stereocenters. The second kappa shape index (κ2) is 9.87. The molecule has 0 heterocycles. The van der Waals surface area contributed by atoms with Crippen molar-refractivity contribution in [2.45, 2.75) is 63.5 Å². The van der Waals surface area contributed by atoms with Gasteiger partial charge in [0.1, 0.15) is 12.1 Å². The molecule has 0 aromatic heterocycles. The number of amides is 2. The number of aliphatic carboxylic acids is 1. The minimum atomic E-state index is -1.29. The van der Waals surface area contributed by atoms with Gasteiger partial charge >= 0.3 is 12.1 Å². The smallest absolute Gasteiger partial charge is 0.407 e. The largest absolute Gasteiger partial charge is 0.480 e. The molecule has 3 atom stereocenters. The number of carbonyl (C=O) groups is 3. The lowest BCUT2D eigenvalue weighted by atomic mass is 9.84. The summed E-state index contributed by atoms with van der Waals surface area (Å²) in [4.78, 5) is 36.9. The van der Waals surface area contributed by atoms with Crippen LogP contribution in [0.5, 0.6) is 0 Å². The minimum Gasteiger partial charge on any atom is -0.480 e. The number of nitrogens with one attached hydrogen (secondary N) is 2. The Bertz CT molecular complexity index is 1040. The van der Waals surface area contributed by atoms with E-state index in [0.29, 0.717) is 19.3 Å². The summed E-state index contributed by atoms with van der Waals surface area (Å²) in [6.45, 7) is 3.49. The van der Waals surface area contributed by atoms with Gasteiger partial charge in [0.15, 0.2) is 0 Å².